The Morgan fingerprint density at radius 2 is 1.40 bits per heavy atom. The van der Waals surface area contributed by atoms with E-state index in [9.17, 15) is 0 Å². The topological polar surface area (TPSA) is 24.1 Å². The van der Waals surface area contributed by atoms with Crippen molar-refractivity contribution >= 4 is 0 Å². The molecule has 0 aliphatic carbocycles. The van der Waals surface area contributed by atoms with Gasteiger partial charge >= 0.3 is 0 Å². The highest BCUT2D eigenvalue weighted by molar-refractivity contribution is 5.25. The molecule has 0 heterocycles. The van der Waals surface area contributed by atoms with Crippen LogP contribution in [0.15, 0.2) is 49.6 Å². The molecular weight excluding hydrogens is 244 g/mol. The average Bonchev–Trinajstić information content (AvgIpc) is 2.43. The summed E-state index contributed by atoms with van der Waals surface area (Å²) in [7, 11) is 0. The first-order chi connectivity index (χ1) is 9.65. The van der Waals surface area contributed by atoms with Crippen molar-refractivity contribution in [2.45, 2.75) is 38.8 Å². The molecule has 20 heavy (non-hydrogen) atoms. The van der Waals surface area contributed by atoms with Gasteiger partial charge in [0.2, 0.25) is 0 Å². The fourth-order valence-corrected chi connectivity index (χ4v) is 2.30. The lowest BCUT2D eigenvalue weighted by atomic mass is 10.0. The summed E-state index contributed by atoms with van der Waals surface area (Å²) >= 11 is 0. The number of rotatable bonds is 10. The van der Waals surface area contributed by atoms with E-state index in [1.165, 1.54) is 11.1 Å². The summed E-state index contributed by atoms with van der Waals surface area (Å²) in [4.78, 5) is 0. The zero-order valence-electron chi connectivity index (χ0n) is 12.9. The first-order valence-corrected chi connectivity index (χ1v) is 7.42. The SMILES string of the molecule is C=CCNC(C)Cc1cccc(CC(C)NCC=C)c1. The molecule has 1 rings (SSSR count). The molecule has 1 aromatic rings. The van der Waals surface area contributed by atoms with Gasteiger partial charge in [0.1, 0.15) is 0 Å². The molecule has 2 N–H and O–H groups in total. The molecule has 0 aliphatic rings. The van der Waals surface area contributed by atoms with Crippen LogP contribution in [0.2, 0.25) is 0 Å². The highest BCUT2D eigenvalue weighted by Crippen LogP contribution is 2.10. The summed E-state index contributed by atoms with van der Waals surface area (Å²) in [5, 5.41) is 6.85. The molecule has 2 unspecified atom stereocenters. The van der Waals surface area contributed by atoms with Crippen LogP contribution in [0.4, 0.5) is 0 Å². The molecule has 2 nitrogen and oxygen atoms in total. The zero-order valence-corrected chi connectivity index (χ0v) is 12.9. The van der Waals surface area contributed by atoms with Crippen molar-refractivity contribution in [1.82, 2.24) is 10.6 Å². The third-order valence-electron chi connectivity index (χ3n) is 3.30. The lowest BCUT2D eigenvalue weighted by molar-refractivity contribution is 0.574. The minimum atomic E-state index is 0.472. The number of hydrogen-bond acceptors (Lipinski definition) is 2. The Morgan fingerprint density at radius 3 is 1.80 bits per heavy atom. The van der Waals surface area contributed by atoms with Crippen LogP contribution in [0.3, 0.4) is 0 Å². The molecule has 0 spiro atoms. The Labute approximate surface area is 124 Å². The van der Waals surface area contributed by atoms with Crippen LogP contribution in [-0.2, 0) is 12.8 Å². The third kappa shape index (κ3) is 6.69. The Morgan fingerprint density at radius 1 is 0.950 bits per heavy atom. The van der Waals surface area contributed by atoms with E-state index < -0.39 is 0 Å². The molecular formula is C18H28N2. The Kier molecular flexibility index (Phi) is 7.93. The normalized spacial score (nSPS) is 13.7. The van der Waals surface area contributed by atoms with Crippen LogP contribution in [0, 0.1) is 0 Å². The monoisotopic (exact) mass is 272 g/mol. The fraction of sp³-hybridized carbons (Fsp3) is 0.444. The smallest absolute Gasteiger partial charge is 0.0134 e. The molecule has 0 fully saturated rings. The van der Waals surface area contributed by atoms with Gasteiger partial charge in [-0.15, -0.1) is 13.2 Å². The van der Waals surface area contributed by atoms with Crippen molar-refractivity contribution in [3.05, 3.63) is 60.7 Å². The van der Waals surface area contributed by atoms with Crippen molar-refractivity contribution < 1.29 is 0 Å². The molecule has 2 heteroatoms. The lowest BCUT2D eigenvalue weighted by Crippen LogP contribution is -2.28. The summed E-state index contributed by atoms with van der Waals surface area (Å²) in [6, 6.07) is 9.83. The Balaban J connectivity index is 2.52. The van der Waals surface area contributed by atoms with E-state index in [4.69, 9.17) is 0 Å². The predicted octanol–water partition coefficient (Wildman–Crippen LogP) is 3.10. The van der Waals surface area contributed by atoms with E-state index >= 15 is 0 Å². The third-order valence-corrected chi connectivity index (χ3v) is 3.30. The number of nitrogens with one attached hydrogen (secondary N) is 2. The van der Waals surface area contributed by atoms with Gasteiger partial charge in [-0.3, -0.25) is 0 Å². The second kappa shape index (κ2) is 9.51. The van der Waals surface area contributed by atoms with Crippen LogP contribution in [0.25, 0.3) is 0 Å². The van der Waals surface area contributed by atoms with Crippen molar-refractivity contribution in [3.8, 4) is 0 Å². The molecule has 1 aromatic carbocycles. The second-order valence-corrected chi connectivity index (χ2v) is 5.42. The maximum atomic E-state index is 3.73. The van der Waals surface area contributed by atoms with Gasteiger partial charge in [-0.25, -0.2) is 0 Å². The average molecular weight is 272 g/mol. The van der Waals surface area contributed by atoms with Crippen LogP contribution >= 0.6 is 0 Å². The number of benzene rings is 1. The van der Waals surface area contributed by atoms with Gasteiger partial charge in [0.05, 0.1) is 0 Å². The van der Waals surface area contributed by atoms with Crippen LogP contribution < -0.4 is 10.6 Å². The van der Waals surface area contributed by atoms with Crippen molar-refractivity contribution in [2.24, 2.45) is 0 Å². The van der Waals surface area contributed by atoms with Crippen molar-refractivity contribution in [2.75, 3.05) is 13.1 Å². The van der Waals surface area contributed by atoms with Gasteiger partial charge in [-0.1, -0.05) is 36.4 Å². The van der Waals surface area contributed by atoms with Gasteiger partial charge in [0.25, 0.3) is 0 Å². The second-order valence-electron chi connectivity index (χ2n) is 5.42. The van der Waals surface area contributed by atoms with E-state index in [-0.39, 0.29) is 0 Å². The molecule has 0 bridgehead atoms. The van der Waals surface area contributed by atoms with Crippen LogP contribution in [0.1, 0.15) is 25.0 Å². The number of hydrogen-bond donors (Lipinski definition) is 2. The fourth-order valence-electron chi connectivity index (χ4n) is 2.30. The quantitative estimate of drug-likeness (QED) is 0.640. The van der Waals surface area contributed by atoms with Gasteiger partial charge < -0.3 is 10.6 Å². The van der Waals surface area contributed by atoms with Crippen molar-refractivity contribution in [3.63, 3.8) is 0 Å². The molecule has 2 atom stereocenters. The summed E-state index contributed by atoms with van der Waals surface area (Å²) in [5.41, 5.74) is 2.78. The minimum Gasteiger partial charge on any atom is -0.310 e. The molecule has 110 valence electrons. The molecule has 0 radical (unpaired) electrons. The van der Waals surface area contributed by atoms with Crippen LogP contribution in [0.5, 0.6) is 0 Å². The van der Waals surface area contributed by atoms with Crippen LogP contribution in [-0.4, -0.2) is 25.2 Å². The predicted molar refractivity (Wildman–Crippen MR) is 89.2 cm³/mol. The highest BCUT2D eigenvalue weighted by atomic mass is 14.9. The van der Waals surface area contributed by atoms with E-state index in [2.05, 4.69) is 61.9 Å². The molecule has 0 saturated heterocycles. The van der Waals surface area contributed by atoms with Gasteiger partial charge in [-0.05, 0) is 37.8 Å². The van der Waals surface area contributed by atoms with E-state index in [0.717, 1.165) is 25.9 Å². The van der Waals surface area contributed by atoms with E-state index in [0.29, 0.717) is 12.1 Å². The van der Waals surface area contributed by atoms with Gasteiger partial charge in [0.15, 0.2) is 0 Å². The van der Waals surface area contributed by atoms with Crippen molar-refractivity contribution in [1.29, 1.82) is 0 Å². The minimum absolute atomic E-state index is 0.472. The molecule has 0 saturated carbocycles. The Bertz CT molecular complexity index is 376. The zero-order chi connectivity index (χ0) is 14.8. The standard InChI is InChI=1S/C18H28N2/c1-5-10-19-15(3)12-17-8-7-9-18(14-17)13-16(4)20-11-6-2/h5-9,14-16,19-20H,1-2,10-13H2,3-4H3. The lowest BCUT2D eigenvalue weighted by Gasteiger charge is -2.15. The molecule has 0 aromatic heterocycles. The van der Waals surface area contributed by atoms with Gasteiger partial charge in [0, 0.05) is 25.2 Å². The molecule has 0 aliphatic heterocycles. The first kappa shape index (κ1) is 16.7. The summed E-state index contributed by atoms with van der Waals surface area (Å²) in [6.45, 7) is 13.6. The summed E-state index contributed by atoms with van der Waals surface area (Å²) in [5.74, 6) is 0. The van der Waals surface area contributed by atoms with E-state index in [1.54, 1.807) is 0 Å². The van der Waals surface area contributed by atoms with E-state index in [1.807, 2.05) is 12.2 Å². The largest absolute Gasteiger partial charge is 0.310 e. The maximum absolute atomic E-state index is 3.73. The summed E-state index contributed by atoms with van der Waals surface area (Å²) < 4.78 is 0. The molecule has 0 amide bonds. The highest BCUT2D eigenvalue weighted by Gasteiger charge is 2.05. The van der Waals surface area contributed by atoms with Gasteiger partial charge in [-0.2, -0.15) is 0 Å². The maximum Gasteiger partial charge on any atom is 0.0134 e. The Hall–Kier alpha value is -1.38. The first-order valence-electron chi connectivity index (χ1n) is 7.42. The summed E-state index contributed by atoms with van der Waals surface area (Å²) in [6.07, 6.45) is 5.91.